The fraction of sp³-hybridized carbons (Fsp3) is 0.267. The number of ether oxygens (including phenoxy) is 2. The molecule has 0 unspecified atom stereocenters. The van der Waals surface area contributed by atoms with Gasteiger partial charge in [0.15, 0.2) is 17.3 Å². The number of carbonyl (C=O) groups excluding carboxylic acids is 1. The van der Waals surface area contributed by atoms with Crippen molar-refractivity contribution in [2.75, 3.05) is 20.2 Å². The van der Waals surface area contributed by atoms with Crippen LogP contribution >= 0.6 is 11.5 Å². The van der Waals surface area contributed by atoms with Crippen molar-refractivity contribution < 1.29 is 14.3 Å². The van der Waals surface area contributed by atoms with Crippen LogP contribution in [0.5, 0.6) is 16.7 Å². The molecule has 0 bridgehead atoms. The first-order valence-corrected chi connectivity index (χ1v) is 14.0. The average molecular weight is 556 g/mol. The average Bonchev–Trinajstić information content (AvgIpc) is 3.56. The van der Waals surface area contributed by atoms with Crippen LogP contribution in [0, 0.1) is 6.92 Å². The molecule has 1 aliphatic heterocycles. The van der Waals surface area contributed by atoms with Crippen molar-refractivity contribution in [2.45, 2.75) is 32.2 Å². The molecule has 2 aromatic heterocycles. The highest BCUT2D eigenvalue weighted by Gasteiger charge is 2.27. The molecule has 1 amide bonds. The van der Waals surface area contributed by atoms with E-state index in [2.05, 4.69) is 45.5 Å². The van der Waals surface area contributed by atoms with E-state index in [-0.39, 0.29) is 17.6 Å². The molecular formula is C30H29N5O4S. The van der Waals surface area contributed by atoms with Gasteiger partial charge in [0, 0.05) is 42.6 Å². The molecule has 0 aliphatic carbocycles. The number of hydrogen-bond acceptors (Lipinski definition) is 7. The van der Waals surface area contributed by atoms with Crippen LogP contribution in [0.25, 0.3) is 11.0 Å². The lowest BCUT2D eigenvalue weighted by molar-refractivity contribution is 0.0694. The third-order valence-corrected chi connectivity index (χ3v) is 7.91. The number of imidazole rings is 1. The molecule has 1 fully saturated rings. The van der Waals surface area contributed by atoms with Crippen LogP contribution in [0.1, 0.15) is 46.2 Å². The molecule has 1 saturated heterocycles. The highest BCUT2D eigenvalue weighted by Crippen LogP contribution is 2.34. The van der Waals surface area contributed by atoms with E-state index in [4.69, 9.17) is 9.47 Å². The zero-order chi connectivity index (χ0) is 27.6. The summed E-state index contributed by atoms with van der Waals surface area (Å²) in [7, 11) is 1.56. The summed E-state index contributed by atoms with van der Waals surface area (Å²) in [5, 5.41) is 0.384. The Morgan fingerprint density at radius 3 is 2.60 bits per heavy atom. The Morgan fingerprint density at radius 1 is 1.05 bits per heavy atom. The maximum Gasteiger partial charge on any atom is 0.326 e. The number of rotatable bonds is 7. The molecule has 0 saturated carbocycles. The van der Waals surface area contributed by atoms with Crippen LogP contribution in [0.15, 0.2) is 71.5 Å². The summed E-state index contributed by atoms with van der Waals surface area (Å²) in [6, 6.07) is 21.2. The van der Waals surface area contributed by atoms with Gasteiger partial charge < -0.3 is 19.4 Å². The topological polar surface area (TPSA) is 102 Å². The lowest BCUT2D eigenvalue weighted by Crippen LogP contribution is -2.40. The second-order valence-corrected chi connectivity index (χ2v) is 10.7. The first-order chi connectivity index (χ1) is 19.5. The zero-order valence-electron chi connectivity index (χ0n) is 22.3. The van der Waals surface area contributed by atoms with Crippen LogP contribution in [0.3, 0.4) is 0 Å². The number of methoxy groups -OCH3 is 1. The number of likely N-dealkylation sites (tertiary alicyclic amines) is 1. The van der Waals surface area contributed by atoms with Crippen molar-refractivity contribution in [1.29, 1.82) is 0 Å². The predicted octanol–water partition coefficient (Wildman–Crippen LogP) is 5.36. The van der Waals surface area contributed by atoms with E-state index in [9.17, 15) is 9.59 Å². The zero-order valence-corrected chi connectivity index (χ0v) is 23.1. The number of fused-ring (bicyclic) bond motifs is 1. The number of nitrogens with zero attached hydrogens (tertiary/aromatic N) is 4. The van der Waals surface area contributed by atoms with Gasteiger partial charge in [0.2, 0.25) is 0 Å². The minimum atomic E-state index is -0.110. The highest BCUT2D eigenvalue weighted by molar-refractivity contribution is 7.07. The minimum Gasteiger partial charge on any atom is -0.493 e. The van der Waals surface area contributed by atoms with Crippen molar-refractivity contribution in [3.8, 4) is 16.7 Å². The maximum atomic E-state index is 13.4. The van der Waals surface area contributed by atoms with Crippen molar-refractivity contribution in [2.24, 2.45) is 0 Å². The molecule has 5 aromatic rings. The number of piperidine rings is 1. The fourth-order valence-corrected chi connectivity index (χ4v) is 5.73. The van der Waals surface area contributed by atoms with Crippen LogP contribution < -0.4 is 15.2 Å². The number of para-hydroxylation sites is 2. The first-order valence-electron chi connectivity index (χ1n) is 13.2. The van der Waals surface area contributed by atoms with Crippen LogP contribution in [0.4, 0.5) is 0 Å². The molecule has 1 N–H and O–H groups in total. The smallest absolute Gasteiger partial charge is 0.326 e. The standard InChI is InChI=1S/C30H29N5O4S/c1-19-7-9-20(10-8-19)17-27-32-30(40-33-27)39-26-18-21(11-12-25(26)38-2)28(36)34-15-13-22(14-16-34)35-24-6-4-3-5-23(24)31-29(35)37/h3-12,18,22H,13-17H2,1-2H3,(H,31,37). The van der Waals surface area contributed by atoms with Gasteiger partial charge in [-0.2, -0.15) is 9.36 Å². The van der Waals surface area contributed by atoms with Gasteiger partial charge in [0.05, 0.1) is 18.1 Å². The van der Waals surface area contributed by atoms with Crippen molar-refractivity contribution >= 4 is 28.5 Å². The molecule has 0 atom stereocenters. The molecule has 10 heteroatoms. The summed E-state index contributed by atoms with van der Waals surface area (Å²) in [5.41, 5.74) is 4.44. The van der Waals surface area contributed by atoms with E-state index >= 15 is 0 Å². The Kier molecular flexibility index (Phi) is 7.08. The molecule has 6 rings (SSSR count). The maximum absolute atomic E-state index is 13.4. The van der Waals surface area contributed by atoms with Gasteiger partial charge in [-0.05, 0) is 55.7 Å². The molecule has 0 spiro atoms. The summed E-state index contributed by atoms with van der Waals surface area (Å²) in [5.74, 6) is 1.50. The number of aromatic nitrogens is 4. The van der Waals surface area contributed by atoms with E-state index in [1.807, 2.05) is 33.7 Å². The van der Waals surface area contributed by atoms with Crippen molar-refractivity contribution in [3.63, 3.8) is 0 Å². The van der Waals surface area contributed by atoms with Gasteiger partial charge in [-0.25, -0.2) is 4.79 Å². The summed E-state index contributed by atoms with van der Waals surface area (Å²) >= 11 is 1.16. The molecule has 3 heterocycles. The predicted molar refractivity (Wildman–Crippen MR) is 154 cm³/mol. The third-order valence-electron chi connectivity index (χ3n) is 7.28. The van der Waals surface area contributed by atoms with Crippen LogP contribution in [-0.4, -0.2) is 49.9 Å². The Bertz CT molecular complexity index is 1710. The lowest BCUT2D eigenvalue weighted by atomic mass is 10.0. The number of carbonyl (C=O) groups is 1. The number of hydrogen-bond donors (Lipinski definition) is 1. The number of aromatic amines is 1. The molecule has 0 radical (unpaired) electrons. The number of nitrogens with one attached hydrogen (secondary N) is 1. The fourth-order valence-electron chi connectivity index (χ4n) is 5.17. The van der Waals surface area contributed by atoms with E-state index in [0.29, 0.717) is 60.4 Å². The molecule has 40 heavy (non-hydrogen) atoms. The highest BCUT2D eigenvalue weighted by atomic mass is 32.1. The summed E-state index contributed by atoms with van der Waals surface area (Å²) < 4.78 is 17.8. The third kappa shape index (κ3) is 5.22. The summed E-state index contributed by atoms with van der Waals surface area (Å²) in [6.45, 7) is 3.16. The van der Waals surface area contributed by atoms with E-state index in [1.165, 1.54) is 5.56 Å². The van der Waals surface area contributed by atoms with E-state index < -0.39 is 0 Å². The van der Waals surface area contributed by atoms with Gasteiger partial charge in [-0.15, -0.1) is 0 Å². The van der Waals surface area contributed by atoms with E-state index in [0.717, 1.165) is 28.1 Å². The molecule has 3 aromatic carbocycles. The number of amides is 1. The largest absolute Gasteiger partial charge is 0.493 e. The monoisotopic (exact) mass is 555 g/mol. The van der Waals surface area contributed by atoms with Crippen molar-refractivity contribution in [3.05, 3.63) is 99.7 Å². The normalized spacial score (nSPS) is 14.0. The number of aryl methyl sites for hydroxylation is 1. The Balaban J connectivity index is 1.14. The first kappa shape index (κ1) is 25.8. The van der Waals surface area contributed by atoms with Gasteiger partial charge in [0.25, 0.3) is 11.1 Å². The Labute approximate surface area is 235 Å². The van der Waals surface area contributed by atoms with Gasteiger partial charge in [-0.3, -0.25) is 9.36 Å². The SMILES string of the molecule is COc1ccc(C(=O)N2CCC(n3c(=O)[nH]c4ccccc43)CC2)cc1Oc1nc(Cc2ccc(C)cc2)ns1. The Hall–Kier alpha value is -4.44. The van der Waals surface area contributed by atoms with Crippen LogP contribution in [-0.2, 0) is 6.42 Å². The van der Waals surface area contributed by atoms with E-state index in [1.54, 1.807) is 25.3 Å². The van der Waals surface area contributed by atoms with Gasteiger partial charge in [0.1, 0.15) is 0 Å². The summed E-state index contributed by atoms with van der Waals surface area (Å²) in [6.07, 6.45) is 2.00. The minimum absolute atomic E-state index is 0.0361. The molecule has 1 aliphatic rings. The quantitative estimate of drug-likeness (QED) is 0.290. The summed E-state index contributed by atoms with van der Waals surface area (Å²) in [4.78, 5) is 35.3. The second kappa shape index (κ2) is 11.0. The number of H-pyrrole nitrogens is 1. The molecule has 9 nitrogen and oxygen atoms in total. The van der Waals surface area contributed by atoms with Gasteiger partial charge in [-0.1, -0.05) is 42.0 Å². The van der Waals surface area contributed by atoms with Crippen LogP contribution in [0.2, 0.25) is 0 Å². The molecule has 204 valence electrons. The van der Waals surface area contributed by atoms with Gasteiger partial charge >= 0.3 is 5.69 Å². The second-order valence-electron chi connectivity index (χ2n) is 9.95. The number of benzene rings is 3. The Morgan fingerprint density at radius 2 is 1.82 bits per heavy atom. The lowest BCUT2D eigenvalue weighted by Gasteiger charge is -2.32. The van der Waals surface area contributed by atoms with Crippen molar-refractivity contribution in [1.82, 2.24) is 23.8 Å². The molecular weight excluding hydrogens is 526 g/mol.